The van der Waals surface area contributed by atoms with E-state index >= 15 is 0 Å². The van der Waals surface area contributed by atoms with Crippen LogP contribution in [0.2, 0.25) is 0 Å². The van der Waals surface area contributed by atoms with Crippen molar-refractivity contribution >= 4 is 5.97 Å². The van der Waals surface area contributed by atoms with E-state index in [1.807, 2.05) is 13.8 Å². The summed E-state index contributed by atoms with van der Waals surface area (Å²) in [6.45, 7) is 5.84. The van der Waals surface area contributed by atoms with Gasteiger partial charge in [0.15, 0.2) is 0 Å². The Morgan fingerprint density at radius 1 is 1.60 bits per heavy atom. The van der Waals surface area contributed by atoms with Crippen LogP contribution in [0.1, 0.15) is 43.3 Å². The molecule has 0 aromatic carbocycles. The first kappa shape index (κ1) is 11.6. The zero-order chi connectivity index (χ0) is 11.4. The van der Waals surface area contributed by atoms with Gasteiger partial charge in [0.2, 0.25) is 5.89 Å². The summed E-state index contributed by atoms with van der Waals surface area (Å²) in [4.78, 5) is 15.1. The van der Waals surface area contributed by atoms with Crippen molar-refractivity contribution in [3.05, 3.63) is 11.7 Å². The quantitative estimate of drug-likeness (QED) is 0.747. The molecule has 1 aromatic rings. The molecule has 0 aliphatic rings. The summed E-state index contributed by atoms with van der Waals surface area (Å²) in [6, 6.07) is -0.360. The predicted molar refractivity (Wildman–Crippen MR) is 52.0 cm³/mol. The van der Waals surface area contributed by atoms with Gasteiger partial charge in [0, 0.05) is 0 Å². The molecule has 0 saturated heterocycles. The largest absolute Gasteiger partial charge is 0.460 e. The Hall–Kier alpha value is -1.43. The van der Waals surface area contributed by atoms with Crippen LogP contribution in [0.3, 0.4) is 0 Å². The number of nitrogens with two attached hydrogens (primary N) is 1. The Balaban J connectivity index is 2.76. The minimum absolute atomic E-state index is 0.0806. The maximum atomic E-state index is 11.2. The standard InChI is InChI=1S/C9H15N3O3/c1-4-14-9(13)7-11-8(15-12-7)6(10)5(2)3/h5-6H,4,10H2,1-3H3. The first-order chi connectivity index (χ1) is 7.06. The maximum Gasteiger partial charge on any atom is 0.379 e. The summed E-state index contributed by atoms with van der Waals surface area (Å²) < 4.78 is 9.58. The van der Waals surface area contributed by atoms with Gasteiger partial charge >= 0.3 is 5.97 Å². The zero-order valence-corrected chi connectivity index (χ0v) is 9.06. The highest BCUT2D eigenvalue weighted by molar-refractivity contribution is 5.84. The van der Waals surface area contributed by atoms with Crippen LogP contribution in [0.25, 0.3) is 0 Å². The second-order valence-electron chi connectivity index (χ2n) is 3.45. The van der Waals surface area contributed by atoms with Crippen molar-refractivity contribution in [3.63, 3.8) is 0 Å². The second-order valence-corrected chi connectivity index (χ2v) is 3.45. The van der Waals surface area contributed by atoms with Gasteiger partial charge in [-0.2, -0.15) is 4.98 Å². The third-order valence-electron chi connectivity index (χ3n) is 1.90. The van der Waals surface area contributed by atoms with Gasteiger partial charge in [0.05, 0.1) is 12.6 Å². The maximum absolute atomic E-state index is 11.2. The van der Waals surface area contributed by atoms with E-state index in [2.05, 4.69) is 10.1 Å². The van der Waals surface area contributed by atoms with E-state index in [1.54, 1.807) is 6.92 Å². The van der Waals surface area contributed by atoms with Gasteiger partial charge in [-0.05, 0) is 18.0 Å². The van der Waals surface area contributed by atoms with Crippen LogP contribution in [-0.2, 0) is 4.74 Å². The molecule has 0 aliphatic heterocycles. The molecule has 0 amide bonds. The molecule has 15 heavy (non-hydrogen) atoms. The van der Waals surface area contributed by atoms with Crippen molar-refractivity contribution in [2.45, 2.75) is 26.8 Å². The van der Waals surface area contributed by atoms with Crippen LogP contribution < -0.4 is 5.73 Å². The topological polar surface area (TPSA) is 91.2 Å². The Morgan fingerprint density at radius 2 is 2.27 bits per heavy atom. The zero-order valence-electron chi connectivity index (χ0n) is 9.06. The second kappa shape index (κ2) is 4.88. The number of carbonyl (C=O) groups is 1. The first-order valence-corrected chi connectivity index (χ1v) is 4.82. The minimum Gasteiger partial charge on any atom is -0.460 e. The third kappa shape index (κ3) is 2.76. The summed E-state index contributed by atoms with van der Waals surface area (Å²) in [5.41, 5.74) is 5.78. The van der Waals surface area contributed by atoms with Gasteiger partial charge < -0.3 is 15.0 Å². The molecule has 1 heterocycles. The highest BCUT2D eigenvalue weighted by Gasteiger charge is 2.21. The van der Waals surface area contributed by atoms with Gasteiger partial charge in [-0.1, -0.05) is 13.8 Å². The number of esters is 1. The molecule has 1 unspecified atom stereocenters. The molecule has 1 atom stereocenters. The smallest absolute Gasteiger partial charge is 0.379 e. The fourth-order valence-electron chi connectivity index (χ4n) is 0.934. The molecule has 84 valence electrons. The number of nitrogens with zero attached hydrogens (tertiary/aromatic N) is 2. The average Bonchev–Trinajstić information content (AvgIpc) is 2.65. The van der Waals surface area contributed by atoms with Crippen LogP contribution in [0.5, 0.6) is 0 Å². The monoisotopic (exact) mass is 213 g/mol. The van der Waals surface area contributed by atoms with Crippen LogP contribution in [0.4, 0.5) is 0 Å². The van der Waals surface area contributed by atoms with Crippen molar-refractivity contribution < 1.29 is 14.1 Å². The molecule has 6 nitrogen and oxygen atoms in total. The lowest BCUT2D eigenvalue weighted by Gasteiger charge is -2.08. The number of hydrogen-bond acceptors (Lipinski definition) is 6. The molecular weight excluding hydrogens is 198 g/mol. The van der Waals surface area contributed by atoms with E-state index in [-0.39, 0.29) is 30.3 Å². The number of ether oxygens (including phenoxy) is 1. The summed E-state index contributed by atoms with van der Waals surface area (Å²) in [6.07, 6.45) is 0. The number of aromatic nitrogens is 2. The summed E-state index contributed by atoms with van der Waals surface area (Å²) in [7, 11) is 0. The number of rotatable bonds is 4. The van der Waals surface area contributed by atoms with Crippen molar-refractivity contribution in [2.75, 3.05) is 6.61 Å². The SMILES string of the molecule is CCOC(=O)c1noc(C(N)C(C)C)n1. The van der Waals surface area contributed by atoms with Crippen LogP contribution in [0, 0.1) is 5.92 Å². The molecule has 6 heteroatoms. The lowest BCUT2D eigenvalue weighted by atomic mass is 10.1. The molecule has 0 aliphatic carbocycles. The fraction of sp³-hybridized carbons (Fsp3) is 0.667. The van der Waals surface area contributed by atoms with Gasteiger partial charge in [-0.25, -0.2) is 4.79 Å². The van der Waals surface area contributed by atoms with Crippen molar-refractivity contribution in [1.82, 2.24) is 10.1 Å². The Labute approximate surface area is 87.8 Å². The van der Waals surface area contributed by atoms with E-state index in [4.69, 9.17) is 15.0 Å². The molecule has 0 saturated carbocycles. The van der Waals surface area contributed by atoms with E-state index in [1.165, 1.54) is 0 Å². The van der Waals surface area contributed by atoms with Crippen LogP contribution >= 0.6 is 0 Å². The van der Waals surface area contributed by atoms with Crippen molar-refractivity contribution in [3.8, 4) is 0 Å². The Bertz CT molecular complexity index is 335. The van der Waals surface area contributed by atoms with E-state index in [0.29, 0.717) is 0 Å². The lowest BCUT2D eigenvalue weighted by molar-refractivity contribution is 0.0508. The van der Waals surface area contributed by atoms with E-state index in [9.17, 15) is 4.79 Å². The van der Waals surface area contributed by atoms with Crippen LogP contribution in [0.15, 0.2) is 4.52 Å². The third-order valence-corrected chi connectivity index (χ3v) is 1.90. The molecule has 0 radical (unpaired) electrons. The minimum atomic E-state index is -0.594. The van der Waals surface area contributed by atoms with E-state index < -0.39 is 5.97 Å². The Kier molecular flexibility index (Phi) is 3.79. The molecule has 0 fully saturated rings. The van der Waals surface area contributed by atoms with Crippen molar-refractivity contribution in [1.29, 1.82) is 0 Å². The van der Waals surface area contributed by atoms with Crippen LogP contribution in [-0.4, -0.2) is 22.7 Å². The summed E-state index contributed by atoms with van der Waals surface area (Å²) in [5.74, 6) is -0.250. The molecule has 0 bridgehead atoms. The summed E-state index contributed by atoms with van der Waals surface area (Å²) >= 11 is 0. The first-order valence-electron chi connectivity index (χ1n) is 4.82. The predicted octanol–water partition coefficient (Wildman–Crippen LogP) is 0.902. The normalized spacial score (nSPS) is 12.9. The molecule has 1 aromatic heterocycles. The average molecular weight is 213 g/mol. The molecular formula is C9H15N3O3. The van der Waals surface area contributed by atoms with Gasteiger partial charge in [0.1, 0.15) is 0 Å². The number of carbonyl (C=O) groups excluding carboxylic acids is 1. The molecule has 2 N–H and O–H groups in total. The summed E-state index contributed by atoms with van der Waals surface area (Å²) in [5, 5.41) is 3.50. The van der Waals surface area contributed by atoms with Gasteiger partial charge in [-0.3, -0.25) is 0 Å². The van der Waals surface area contributed by atoms with Gasteiger partial charge in [0.25, 0.3) is 5.82 Å². The highest BCUT2D eigenvalue weighted by atomic mass is 16.5. The highest BCUT2D eigenvalue weighted by Crippen LogP contribution is 2.16. The van der Waals surface area contributed by atoms with Crippen molar-refractivity contribution in [2.24, 2.45) is 11.7 Å². The lowest BCUT2D eigenvalue weighted by Crippen LogP contribution is -2.17. The van der Waals surface area contributed by atoms with E-state index in [0.717, 1.165) is 0 Å². The van der Waals surface area contributed by atoms with Gasteiger partial charge in [-0.15, -0.1) is 0 Å². The molecule has 0 spiro atoms. The molecule has 1 rings (SSSR count). The fourth-order valence-corrected chi connectivity index (χ4v) is 0.934. The number of hydrogen-bond donors (Lipinski definition) is 1. The Morgan fingerprint density at radius 3 is 2.80 bits per heavy atom.